The Morgan fingerprint density at radius 2 is 1.90 bits per heavy atom. The van der Waals surface area contributed by atoms with Crippen LogP contribution in [0.15, 0.2) is 64.8 Å². The largest absolute Gasteiger partial charge is 0.489 e. The number of fused-ring (bicyclic) bond motifs is 1. The number of allylic oxidation sites excluding steroid dienone is 1. The molecular formula is C23H15BrCl2O3. The summed E-state index contributed by atoms with van der Waals surface area (Å²) in [4.78, 5) is 12.8. The highest BCUT2D eigenvalue weighted by molar-refractivity contribution is 9.10. The van der Waals surface area contributed by atoms with E-state index in [1.165, 1.54) is 0 Å². The second-order valence-corrected chi connectivity index (χ2v) is 8.38. The van der Waals surface area contributed by atoms with E-state index >= 15 is 0 Å². The van der Waals surface area contributed by atoms with Crippen LogP contribution in [0.25, 0.3) is 6.08 Å². The van der Waals surface area contributed by atoms with Crippen LogP contribution in [-0.2, 0) is 6.61 Å². The number of benzene rings is 3. The Bertz CT molecular complexity index is 1150. The summed E-state index contributed by atoms with van der Waals surface area (Å²) in [6, 6.07) is 16.6. The molecule has 0 N–H and O–H groups in total. The Balaban J connectivity index is 1.56. The van der Waals surface area contributed by atoms with Gasteiger partial charge in [-0.1, -0.05) is 57.3 Å². The minimum absolute atomic E-state index is 0.131. The minimum atomic E-state index is -0.131. The fraction of sp³-hybridized carbons (Fsp3) is 0.0870. The molecular weight excluding hydrogens is 475 g/mol. The van der Waals surface area contributed by atoms with Gasteiger partial charge in [0.15, 0.2) is 5.76 Å². The number of carbonyl (C=O) groups excluding carboxylic acids is 1. The van der Waals surface area contributed by atoms with Gasteiger partial charge in [-0.3, -0.25) is 4.79 Å². The van der Waals surface area contributed by atoms with Crippen molar-refractivity contribution >= 4 is 51.0 Å². The predicted octanol–water partition coefficient (Wildman–Crippen LogP) is 7.26. The van der Waals surface area contributed by atoms with Gasteiger partial charge in [0.25, 0.3) is 0 Å². The van der Waals surface area contributed by atoms with Crippen molar-refractivity contribution in [2.45, 2.75) is 13.5 Å². The maximum Gasteiger partial charge on any atom is 0.232 e. The van der Waals surface area contributed by atoms with Gasteiger partial charge in [0.2, 0.25) is 5.78 Å². The summed E-state index contributed by atoms with van der Waals surface area (Å²) in [5.41, 5.74) is 3.14. The first-order valence-electron chi connectivity index (χ1n) is 8.82. The normalized spacial score (nSPS) is 14.1. The molecule has 0 aromatic heterocycles. The quantitative estimate of drug-likeness (QED) is 0.362. The van der Waals surface area contributed by atoms with Gasteiger partial charge in [-0.25, -0.2) is 0 Å². The summed E-state index contributed by atoms with van der Waals surface area (Å²) in [5, 5.41) is 0.981. The minimum Gasteiger partial charge on any atom is -0.489 e. The fourth-order valence-corrected chi connectivity index (χ4v) is 3.84. The molecule has 0 saturated carbocycles. The topological polar surface area (TPSA) is 35.5 Å². The molecule has 0 radical (unpaired) electrons. The molecule has 0 atom stereocenters. The first-order chi connectivity index (χ1) is 13.9. The van der Waals surface area contributed by atoms with Gasteiger partial charge in [-0.2, -0.15) is 0 Å². The molecule has 29 heavy (non-hydrogen) atoms. The summed E-state index contributed by atoms with van der Waals surface area (Å²) in [6.45, 7) is 2.19. The molecule has 3 aromatic rings. The van der Waals surface area contributed by atoms with Crippen molar-refractivity contribution in [2.24, 2.45) is 0 Å². The highest BCUT2D eigenvalue weighted by atomic mass is 79.9. The molecule has 0 amide bonds. The van der Waals surface area contributed by atoms with Crippen molar-refractivity contribution in [3.63, 3.8) is 0 Å². The molecule has 1 aliphatic rings. The molecule has 0 aliphatic carbocycles. The Morgan fingerprint density at radius 1 is 1.07 bits per heavy atom. The average molecular weight is 490 g/mol. The summed E-state index contributed by atoms with van der Waals surface area (Å²) >= 11 is 15.4. The van der Waals surface area contributed by atoms with Crippen LogP contribution in [0, 0.1) is 6.92 Å². The van der Waals surface area contributed by atoms with Crippen molar-refractivity contribution in [3.8, 4) is 11.5 Å². The second-order valence-electron chi connectivity index (χ2n) is 6.65. The van der Waals surface area contributed by atoms with Crippen LogP contribution in [0.1, 0.15) is 27.0 Å². The van der Waals surface area contributed by atoms with Crippen molar-refractivity contribution in [3.05, 3.63) is 97.1 Å². The van der Waals surface area contributed by atoms with E-state index in [9.17, 15) is 4.79 Å². The van der Waals surface area contributed by atoms with E-state index in [1.54, 1.807) is 24.3 Å². The Kier molecular flexibility index (Phi) is 5.68. The molecule has 0 bridgehead atoms. The number of rotatable bonds is 4. The van der Waals surface area contributed by atoms with Crippen LogP contribution in [0.4, 0.5) is 0 Å². The van der Waals surface area contributed by atoms with E-state index in [1.807, 2.05) is 43.3 Å². The highest BCUT2D eigenvalue weighted by Gasteiger charge is 2.30. The number of halogens is 3. The SMILES string of the molecule is Cc1cc(OCc2ccc(Cl)c(Cl)c2)cc2c1C(=O)/C(=C/c1cccc(Br)c1)O2. The summed E-state index contributed by atoms with van der Waals surface area (Å²) in [6.07, 6.45) is 1.74. The maximum absolute atomic E-state index is 12.8. The standard InChI is InChI=1S/C23H15BrCl2O3/c1-13-7-17(28-12-15-5-6-18(25)19(26)9-15)11-20-22(13)23(27)21(29-20)10-14-3-2-4-16(24)8-14/h2-11H,12H2,1H3/b21-10-. The third kappa shape index (κ3) is 4.35. The van der Waals surface area contributed by atoms with E-state index in [4.69, 9.17) is 32.7 Å². The number of hydrogen-bond acceptors (Lipinski definition) is 3. The number of hydrogen-bond donors (Lipinski definition) is 0. The maximum atomic E-state index is 12.8. The fourth-order valence-electron chi connectivity index (χ4n) is 3.10. The molecule has 3 aromatic carbocycles. The molecule has 0 fully saturated rings. The molecule has 146 valence electrons. The van der Waals surface area contributed by atoms with Crippen LogP contribution >= 0.6 is 39.1 Å². The zero-order chi connectivity index (χ0) is 20.5. The monoisotopic (exact) mass is 488 g/mol. The summed E-state index contributed by atoms with van der Waals surface area (Å²) < 4.78 is 12.7. The van der Waals surface area contributed by atoms with E-state index in [0.717, 1.165) is 21.2 Å². The van der Waals surface area contributed by atoms with Crippen molar-refractivity contribution in [2.75, 3.05) is 0 Å². The molecule has 0 unspecified atom stereocenters. The van der Waals surface area contributed by atoms with Crippen LogP contribution < -0.4 is 9.47 Å². The molecule has 6 heteroatoms. The lowest BCUT2D eigenvalue weighted by Crippen LogP contribution is -2.00. The van der Waals surface area contributed by atoms with Crippen LogP contribution in [0.2, 0.25) is 10.0 Å². The molecule has 1 heterocycles. The molecule has 0 spiro atoms. The van der Waals surface area contributed by atoms with E-state index in [2.05, 4.69) is 15.9 Å². The second kappa shape index (κ2) is 8.23. The first kappa shape index (κ1) is 20.0. The zero-order valence-electron chi connectivity index (χ0n) is 15.3. The number of aryl methyl sites for hydroxylation is 1. The van der Waals surface area contributed by atoms with Gasteiger partial charge in [-0.15, -0.1) is 0 Å². The molecule has 4 rings (SSSR count). The highest BCUT2D eigenvalue weighted by Crippen LogP contribution is 2.38. The van der Waals surface area contributed by atoms with E-state index < -0.39 is 0 Å². The van der Waals surface area contributed by atoms with Gasteiger partial charge >= 0.3 is 0 Å². The number of ketones is 1. The zero-order valence-corrected chi connectivity index (χ0v) is 18.4. The Morgan fingerprint density at radius 3 is 2.66 bits per heavy atom. The van der Waals surface area contributed by atoms with Crippen molar-refractivity contribution in [1.29, 1.82) is 0 Å². The first-order valence-corrected chi connectivity index (χ1v) is 10.4. The van der Waals surface area contributed by atoms with Crippen LogP contribution in [-0.4, -0.2) is 5.78 Å². The van der Waals surface area contributed by atoms with E-state index in [-0.39, 0.29) is 5.78 Å². The number of Topliss-reactive ketones (excluding diaryl/α,β-unsaturated/α-hetero) is 1. The van der Waals surface area contributed by atoms with Crippen molar-refractivity contribution < 1.29 is 14.3 Å². The molecule has 0 saturated heterocycles. The lowest BCUT2D eigenvalue weighted by Gasteiger charge is -2.10. The Hall–Kier alpha value is -2.27. The third-order valence-corrected chi connectivity index (χ3v) is 5.71. The third-order valence-electron chi connectivity index (χ3n) is 4.48. The molecule has 3 nitrogen and oxygen atoms in total. The van der Waals surface area contributed by atoms with Gasteiger partial charge < -0.3 is 9.47 Å². The van der Waals surface area contributed by atoms with Gasteiger partial charge in [-0.05, 0) is 60.0 Å². The Labute approximate surface area is 187 Å². The van der Waals surface area contributed by atoms with Crippen LogP contribution in [0.5, 0.6) is 11.5 Å². The predicted molar refractivity (Wildman–Crippen MR) is 119 cm³/mol. The summed E-state index contributed by atoms with van der Waals surface area (Å²) in [5.74, 6) is 1.28. The smallest absolute Gasteiger partial charge is 0.232 e. The summed E-state index contributed by atoms with van der Waals surface area (Å²) in [7, 11) is 0. The lowest BCUT2D eigenvalue weighted by atomic mass is 10.0. The average Bonchev–Trinajstić information content (AvgIpc) is 2.98. The van der Waals surface area contributed by atoms with Gasteiger partial charge in [0.05, 0.1) is 15.6 Å². The van der Waals surface area contributed by atoms with Crippen LogP contribution in [0.3, 0.4) is 0 Å². The van der Waals surface area contributed by atoms with Crippen molar-refractivity contribution in [1.82, 2.24) is 0 Å². The number of ether oxygens (including phenoxy) is 2. The number of carbonyl (C=O) groups is 1. The molecule has 1 aliphatic heterocycles. The van der Waals surface area contributed by atoms with Gasteiger partial charge in [0.1, 0.15) is 18.1 Å². The van der Waals surface area contributed by atoms with E-state index in [0.29, 0.717) is 39.5 Å². The van der Waals surface area contributed by atoms with Gasteiger partial charge in [0, 0.05) is 10.5 Å². The lowest BCUT2D eigenvalue weighted by molar-refractivity contribution is 0.101.